The number of piperidine rings is 1. The Bertz CT molecular complexity index is 805. The number of aromatic hydroxyl groups is 1. The van der Waals surface area contributed by atoms with E-state index in [2.05, 4.69) is 0 Å². The van der Waals surface area contributed by atoms with Crippen LogP contribution in [0.1, 0.15) is 37.5 Å². The number of carbonyl (C=O) groups excluding carboxylic acids is 2. The Morgan fingerprint density at radius 1 is 1.21 bits per heavy atom. The van der Waals surface area contributed by atoms with Gasteiger partial charge in [-0.3, -0.25) is 9.69 Å². The second-order valence-corrected chi connectivity index (χ2v) is 7.20. The molecule has 0 saturated carbocycles. The third-order valence-electron chi connectivity index (χ3n) is 5.09. The zero-order chi connectivity index (χ0) is 20.6. The van der Waals surface area contributed by atoms with Gasteiger partial charge in [0.2, 0.25) is 5.91 Å². The lowest BCUT2D eigenvalue weighted by Gasteiger charge is -2.35. The molecule has 1 unspecified atom stereocenters. The maximum Gasteiger partial charge on any atom is 0.328 e. The van der Waals surface area contributed by atoms with Crippen LogP contribution in [0.3, 0.4) is 0 Å². The monoisotopic (exact) mass is 400 g/mol. The number of furan rings is 1. The van der Waals surface area contributed by atoms with Gasteiger partial charge in [0, 0.05) is 18.7 Å². The molecular weight excluding hydrogens is 372 g/mol. The van der Waals surface area contributed by atoms with E-state index in [1.54, 1.807) is 36.3 Å². The summed E-state index contributed by atoms with van der Waals surface area (Å²) in [6.07, 6.45) is 4.00. The average molecular weight is 400 g/mol. The molecule has 7 nitrogen and oxygen atoms in total. The molecule has 1 amide bonds. The van der Waals surface area contributed by atoms with E-state index in [4.69, 9.17) is 9.15 Å². The van der Waals surface area contributed by atoms with Crippen molar-refractivity contribution in [2.24, 2.45) is 0 Å². The molecule has 0 radical (unpaired) electrons. The van der Waals surface area contributed by atoms with Crippen molar-refractivity contribution in [3.8, 4) is 5.75 Å². The summed E-state index contributed by atoms with van der Waals surface area (Å²) >= 11 is 0. The number of carbonyl (C=O) groups is 2. The van der Waals surface area contributed by atoms with Gasteiger partial charge in [0.1, 0.15) is 17.6 Å². The molecule has 2 heterocycles. The van der Waals surface area contributed by atoms with Gasteiger partial charge in [-0.1, -0.05) is 18.2 Å². The number of hydrogen-bond acceptors (Lipinski definition) is 6. The second kappa shape index (κ2) is 10.1. The van der Waals surface area contributed by atoms with E-state index < -0.39 is 6.04 Å². The van der Waals surface area contributed by atoms with Crippen molar-refractivity contribution in [2.75, 3.05) is 19.7 Å². The Hall–Kier alpha value is -2.80. The minimum atomic E-state index is -0.521. The van der Waals surface area contributed by atoms with Crippen LogP contribution in [0.25, 0.3) is 0 Å². The normalized spacial score (nSPS) is 16.8. The molecule has 1 fully saturated rings. The van der Waals surface area contributed by atoms with Gasteiger partial charge in [-0.15, -0.1) is 0 Å². The highest BCUT2D eigenvalue weighted by molar-refractivity contribution is 5.85. The Balaban J connectivity index is 1.74. The highest BCUT2D eigenvalue weighted by Crippen LogP contribution is 2.22. The van der Waals surface area contributed by atoms with Crippen LogP contribution in [-0.4, -0.2) is 52.5 Å². The fourth-order valence-corrected chi connectivity index (χ4v) is 3.67. The lowest BCUT2D eigenvalue weighted by molar-refractivity contribution is -0.157. The lowest BCUT2D eigenvalue weighted by Crippen LogP contribution is -2.51. The number of phenols is 1. The maximum absolute atomic E-state index is 13.1. The molecule has 0 aliphatic carbocycles. The summed E-state index contributed by atoms with van der Waals surface area (Å²) in [5.41, 5.74) is 0.729. The summed E-state index contributed by atoms with van der Waals surface area (Å²) in [6.45, 7) is 3.54. The van der Waals surface area contributed by atoms with Gasteiger partial charge in [-0.25, -0.2) is 4.79 Å². The summed E-state index contributed by atoms with van der Waals surface area (Å²) in [6, 6.07) is 10.2. The molecule has 0 spiro atoms. The van der Waals surface area contributed by atoms with E-state index in [1.807, 2.05) is 23.1 Å². The third kappa shape index (κ3) is 5.60. The largest absolute Gasteiger partial charge is 0.508 e. The molecule has 156 valence electrons. The van der Waals surface area contributed by atoms with Crippen molar-refractivity contribution < 1.29 is 23.8 Å². The first-order valence-electron chi connectivity index (χ1n) is 10.1. The van der Waals surface area contributed by atoms with Crippen molar-refractivity contribution in [3.63, 3.8) is 0 Å². The van der Waals surface area contributed by atoms with Crippen LogP contribution >= 0.6 is 0 Å². The topological polar surface area (TPSA) is 83.2 Å². The molecule has 7 heteroatoms. The van der Waals surface area contributed by atoms with Crippen molar-refractivity contribution in [1.82, 2.24) is 9.80 Å². The van der Waals surface area contributed by atoms with E-state index in [0.717, 1.165) is 24.2 Å². The molecule has 1 aliphatic heterocycles. The Morgan fingerprint density at radius 2 is 2.03 bits per heavy atom. The highest BCUT2D eigenvalue weighted by Gasteiger charge is 2.33. The van der Waals surface area contributed by atoms with Crippen LogP contribution in [-0.2, 0) is 27.4 Å². The molecule has 0 bridgehead atoms. The molecule has 1 aromatic heterocycles. The van der Waals surface area contributed by atoms with E-state index >= 15 is 0 Å². The van der Waals surface area contributed by atoms with Gasteiger partial charge in [0.25, 0.3) is 0 Å². The predicted octanol–water partition coefficient (Wildman–Crippen LogP) is 2.93. The molecule has 1 N–H and O–H groups in total. The maximum atomic E-state index is 13.1. The van der Waals surface area contributed by atoms with Crippen LogP contribution in [0.2, 0.25) is 0 Å². The number of rotatable bonds is 8. The van der Waals surface area contributed by atoms with Crippen LogP contribution in [0.4, 0.5) is 0 Å². The SMILES string of the molecule is CCOC(=O)C1CCCCN1C(=O)CN(Cc1ccco1)Cc1ccccc1O. The quantitative estimate of drug-likeness (QED) is 0.686. The molecule has 1 aromatic carbocycles. The number of esters is 1. The molecule has 2 aromatic rings. The number of benzene rings is 1. The lowest BCUT2D eigenvalue weighted by atomic mass is 10.0. The van der Waals surface area contributed by atoms with Crippen LogP contribution in [0.15, 0.2) is 47.1 Å². The number of hydrogen-bond donors (Lipinski definition) is 1. The summed E-state index contributed by atoms with van der Waals surface area (Å²) in [5.74, 6) is 0.462. The van der Waals surface area contributed by atoms with Crippen LogP contribution in [0, 0.1) is 0 Å². The summed E-state index contributed by atoms with van der Waals surface area (Å²) < 4.78 is 10.6. The average Bonchev–Trinajstić information content (AvgIpc) is 3.23. The number of ether oxygens (including phenoxy) is 1. The zero-order valence-corrected chi connectivity index (χ0v) is 16.8. The molecule has 1 atom stereocenters. The first kappa shape index (κ1) is 20.9. The number of amides is 1. The highest BCUT2D eigenvalue weighted by atomic mass is 16.5. The van der Waals surface area contributed by atoms with E-state index in [-0.39, 0.29) is 24.2 Å². The molecule has 3 rings (SSSR count). The van der Waals surface area contributed by atoms with Crippen LogP contribution < -0.4 is 0 Å². The molecular formula is C22H28N2O5. The van der Waals surface area contributed by atoms with Gasteiger partial charge in [0.15, 0.2) is 0 Å². The van der Waals surface area contributed by atoms with Crippen molar-refractivity contribution >= 4 is 11.9 Å². The number of likely N-dealkylation sites (tertiary alicyclic amines) is 1. The third-order valence-corrected chi connectivity index (χ3v) is 5.09. The Kier molecular flexibility index (Phi) is 7.30. The van der Waals surface area contributed by atoms with Crippen molar-refractivity contribution in [2.45, 2.75) is 45.3 Å². The van der Waals surface area contributed by atoms with Gasteiger partial charge < -0.3 is 19.2 Å². The minimum absolute atomic E-state index is 0.116. The van der Waals surface area contributed by atoms with Gasteiger partial charge in [-0.2, -0.15) is 0 Å². The number of nitrogens with zero attached hydrogens (tertiary/aromatic N) is 2. The fourth-order valence-electron chi connectivity index (χ4n) is 3.67. The smallest absolute Gasteiger partial charge is 0.328 e. The number of phenolic OH excluding ortho intramolecular Hbond substituents is 1. The standard InChI is InChI=1S/C22H28N2O5/c1-2-28-22(27)19-10-5-6-12-24(19)21(26)16-23(15-18-9-7-13-29-18)14-17-8-3-4-11-20(17)25/h3-4,7-9,11,13,19,25H,2,5-6,10,12,14-16H2,1H3. The first-order valence-corrected chi connectivity index (χ1v) is 10.1. The van der Waals surface area contributed by atoms with Gasteiger partial charge in [0.05, 0.1) is 26.0 Å². The van der Waals surface area contributed by atoms with Gasteiger partial charge in [-0.05, 0) is 44.4 Å². The number of para-hydroxylation sites is 1. The predicted molar refractivity (Wildman–Crippen MR) is 107 cm³/mol. The summed E-state index contributed by atoms with van der Waals surface area (Å²) in [5, 5.41) is 10.1. The van der Waals surface area contributed by atoms with E-state index in [0.29, 0.717) is 32.7 Å². The second-order valence-electron chi connectivity index (χ2n) is 7.20. The summed E-state index contributed by atoms with van der Waals surface area (Å²) in [7, 11) is 0. The van der Waals surface area contributed by atoms with Gasteiger partial charge >= 0.3 is 5.97 Å². The van der Waals surface area contributed by atoms with Crippen molar-refractivity contribution in [3.05, 3.63) is 54.0 Å². The van der Waals surface area contributed by atoms with Crippen LogP contribution in [0.5, 0.6) is 5.75 Å². The molecule has 1 saturated heterocycles. The minimum Gasteiger partial charge on any atom is -0.508 e. The van der Waals surface area contributed by atoms with Crippen molar-refractivity contribution in [1.29, 1.82) is 0 Å². The Morgan fingerprint density at radius 3 is 2.76 bits per heavy atom. The first-order chi connectivity index (χ1) is 14.1. The Labute approximate surface area is 170 Å². The summed E-state index contributed by atoms with van der Waals surface area (Å²) in [4.78, 5) is 29.0. The molecule has 29 heavy (non-hydrogen) atoms. The van der Waals surface area contributed by atoms with E-state index in [1.165, 1.54) is 0 Å². The fraction of sp³-hybridized carbons (Fsp3) is 0.455. The molecule has 1 aliphatic rings. The zero-order valence-electron chi connectivity index (χ0n) is 16.8. The van der Waals surface area contributed by atoms with E-state index in [9.17, 15) is 14.7 Å².